The van der Waals surface area contributed by atoms with Gasteiger partial charge in [0.25, 0.3) is 0 Å². The van der Waals surface area contributed by atoms with E-state index < -0.39 is 0 Å². The molecule has 3 rings (SSSR count). The molecule has 98 valence electrons. The molecule has 2 aromatic heterocycles. The standard InChI is InChI=1S/C16H18N2S/c1-12(17-11-14-7-5-9-18(14)2)16-10-13-6-3-4-8-15(13)19-16/h3-10,12,17H,11H2,1-2H3. The van der Waals surface area contributed by atoms with Crippen LogP contribution in [-0.4, -0.2) is 4.57 Å². The van der Waals surface area contributed by atoms with Crippen molar-refractivity contribution in [3.05, 3.63) is 59.2 Å². The van der Waals surface area contributed by atoms with E-state index in [0.717, 1.165) is 6.54 Å². The van der Waals surface area contributed by atoms with Crippen LogP contribution in [0.4, 0.5) is 0 Å². The number of nitrogens with one attached hydrogen (secondary N) is 1. The van der Waals surface area contributed by atoms with Crippen molar-refractivity contribution in [1.29, 1.82) is 0 Å². The number of hydrogen-bond donors (Lipinski definition) is 1. The molecule has 2 heterocycles. The van der Waals surface area contributed by atoms with Crippen LogP contribution in [0.1, 0.15) is 23.5 Å². The van der Waals surface area contributed by atoms with Crippen LogP contribution < -0.4 is 5.32 Å². The van der Waals surface area contributed by atoms with E-state index in [1.54, 1.807) is 0 Å². The first kappa shape index (κ1) is 12.5. The molecule has 0 aliphatic heterocycles. The number of hydrogen-bond acceptors (Lipinski definition) is 2. The highest BCUT2D eigenvalue weighted by Gasteiger charge is 2.09. The highest BCUT2D eigenvalue weighted by molar-refractivity contribution is 7.19. The molecule has 0 aliphatic carbocycles. The van der Waals surface area contributed by atoms with Crippen molar-refractivity contribution in [2.75, 3.05) is 0 Å². The fourth-order valence-corrected chi connectivity index (χ4v) is 3.35. The van der Waals surface area contributed by atoms with E-state index in [1.807, 2.05) is 11.3 Å². The molecule has 1 unspecified atom stereocenters. The molecule has 0 spiro atoms. The highest BCUT2D eigenvalue weighted by atomic mass is 32.1. The maximum Gasteiger partial charge on any atom is 0.0389 e. The lowest BCUT2D eigenvalue weighted by atomic mass is 10.2. The van der Waals surface area contributed by atoms with E-state index in [2.05, 4.69) is 72.5 Å². The van der Waals surface area contributed by atoms with Crippen molar-refractivity contribution >= 4 is 21.4 Å². The number of aryl methyl sites for hydroxylation is 1. The Kier molecular flexibility index (Phi) is 3.40. The molecule has 1 atom stereocenters. The molecule has 0 aliphatic rings. The van der Waals surface area contributed by atoms with E-state index in [-0.39, 0.29) is 0 Å². The van der Waals surface area contributed by atoms with Crippen LogP contribution in [0.3, 0.4) is 0 Å². The van der Waals surface area contributed by atoms with E-state index in [0.29, 0.717) is 6.04 Å². The van der Waals surface area contributed by atoms with Crippen LogP contribution in [0.5, 0.6) is 0 Å². The summed E-state index contributed by atoms with van der Waals surface area (Å²) < 4.78 is 3.52. The van der Waals surface area contributed by atoms with Gasteiger partial charge < -0.3 is 9.88 Å². The Bertz CT molecular complexity index is 648. The van der Waals surface area contributed by atoms with Crippen molar-refractivity contribution in [1.82, 2.24) is 9.88 Å². The van der Waals surface area contributed by atoms with Crippen LogP contribution in [0.2, 0.25) is 0 Å². The van der Waals surface area contributed by atoms with Gasteiger partial charge in [0.05, 0.1) is 0 Å². The summed E-state index contributed by atoms with van der Waals surface area (Å²) in [6.45, 7) is 3.13. The van der Waals surface area contributed by atoms with Crippen molar-refractivity contribution < 1.29 is 0 Å². The van der Waals surface area contributed by atoms with Gasteiger partial charge in [0.1, 0.15) is 0 Å². The average molecular weight is 270 g/mol. The lowest BCUT2D eigenvalue weighted by Crippen LogP contribution is -2.18. The van der Waals surface area contributed by atoms with Gasteiger partial charge >= 0.3 is 0 Å². The maximum atomic E-state index is 3.59. The Hall–Kier alpha value is -1.58. The van der Waals surface area contributed by atoms with E-state index in [4.69, 9.17) is 0 Å². The molecule has 0 fully saturated rings. The second-order valence-corrected chi connectivity index (χ2v) is 6.01. The first-order valence-corrected chi connectivity index (χ1v) is 7.38. The minimum Gasteiger partial charge on any atom is -0.353 e. The molecule has 0 saturated heterocycles. The highest BCUT2D eigenvalue weighted by Crippen LogP contribution is 2.29. The van der Waals surface area contributed by atoms with Gasteiger partial charge in [-0.25, -0.2) is 0 Å². The zero-order valence-electron chi connectivity index (χ0n) is 11.3. The van der Waals surface area contributed by atoms with Crippen LogP contribution in [0.15, 0.2) is 48.7 Å². The third-order valence-electron chi connectivity index (χ3n) is 3.51. The van der Waals surface area contributed by atoms with Gasteiger partial charge in [0.2, 0.25) is 0 Å². The maximum absolute atomic E-state index is 3.59. The molecule has 1 N–H and O–H groups in total. The summed E-state index contributed by atoms with van der Waals surface area (Å²) in [6, 6.07) is 15.5. The minimum atomic E-state index is 0.382. The fourth-order valence-electron chi connectivity index (χ4n) is 2.25. The number of benzene rings is 1. The Morgan fingerprint density at radius 1 is 1.21 bits per heavy atom. The number of aromatic nitrogens is 1. The van der Waals surface area contributed by atoms with E-state index in [9.17, 15) is 0 Å². The van der Waals surface area contributed by atoms with Gasteiger partial charge in [-0.15, -0.1) is 11.3 Å². The zero-order valence-corrected chi connectivity index (χ0v) is 12.1. The van der Waals surface area contributed by atoms with Crippen molar-refractivity contribution in [2.24, 2.45) is 7.05 Å². The van der Waals surface area contributed by atoms with Crippen molar-refractivity contribution in [3.8, 4) is 0 Å². The van der Waals surface area contributed by atoms with Crippen LogP contribution in [-0.2, 0) is 13.6 Å². The normalized spacial score (nSPS) is 12.9. The summed E-state index contributed by atoms with van der Waals surface area (Å²) >= 11 is 1.88. The first-order valence-electron chi connectivity index (χ1n) is 6.56. The minimum absolute atomic E-state index is 0.382. The van der Waals surface area contributed by atoms with Gasteiger partial charge in [-0.1, -0.05) is 18.2 Å². The second kappa shape index (κ2) is 5.19. The van der Waals surface area contributed by atoms with E-state index in [1.165, 1.54) is 20.7 Å². The Balaban J connectivity index is 1.73. The molecule has 19 heavy (non-hydrogen) atoms. The van der Waals surface area contributed by atoms with Gasteiger partial charge in [0.15, 0.2) is 0 Å². The summed E-state index contributed by atoms with van der Waals surface area (Å²) in [7, 11) is 2.08. The molecule has 1 aromatic carbocycles. The summed E-state index contributed by atoms with van der Waals surface area (Å²) in [5.74, 6) is 0. The van der Waals surface area contributed by atoms with Crippen LogP contribution in [0, 0.1) is 0 Å². The molecule has 0 radical (unpaired) electrons. The lowest BCUT2D eigenvalue weighted by Gasteiger charge is -2.12. The lowest BCUT2D eigenvalue weighted by molar-refractivity contribution is 0.565. The second-order valence-electron chi connectivity index (χ2n) is 4.90. The van der Waals surface area contributed by atoms with Gasteiger partial charge in [-0.2, -0.15) is 0 Å². The monoisotopic (exact) mass is 270 g/mol. The molecule has 2 nitrogen and oxygen atoms in total. The largest absolute Gasteiger partial charge is 0.353 e. The van der Waals surface area contributed by atoms with Gasteiger partial charge in [-0.05, 0) is 36.6 Å². The third kappa shape index (κ3) is 2.57. The summed E-state index contributed by atoms with van der Waals surface area (Å²) in [5.41, 5.74) is 1.31. The topological polar surface area (TPSA) is 17.0 Å². The molecular weight excluding hydrogens is 252 g/mol. The van der Waals surface area contributed by atoms with Crippen LogP contribution in [0.25, 0.3) is 10.1 Å². The van der Waals surface area contributed by atoms with Crippen LogP contribution >= 0.6 is 11.3 Å². The smallest absolute Gasteiger partial charge is 0.0389 e. The number of rotatable bonds is 4. The van der Waals surface area contributed by atoms with Crippen molar-refractivity contribution in [3.63, 3.8) is 0 Å². The zero-order chi connectivity index (χ0) is 13.2. The summed E-state index contributed by atoms with van der Waals surface area (Å²) in [6.07, 6.45) is 2.08. The molecular formula is C16H18N2S. The number of thiophene rings is 1. The Labute approximate surface area is 117 Å². The molecule has 3 heteroatoms. The summed E-state index contributed by atoms with van der Waals surface area (Å²) in [4.78, 5) is 1.40. The molecule has 3 aromatic rings. The quantitative estimate of drug-likeness (QED) is 0.755. The van der Waals surface area contributed by atoms with Crippen molar-refractivity contribution in [2.45, 2.75) is 19.5 Å². The third-order valence-corrected chi connectivity index (χ3v) is 4.81. The van der Waals surface area contributed by atoms with Gasteiger partial charge in [0, 0.05) is 41.1 Å². The average Bonchev–Trinajstić information content (AvgIpc) is 3.01. The SMILES string of the molecule is CC(NCc1cccn1C)c1cc2ccccc2s1. The first-order chi connectivity index (χ1) is 9.24. The molecule has 0 amide bonds. The molecule has 0 saturated carbocycles. The van der Waals surface area contributed by atoms with E-state index >= 15 is 0 Å². The number of nitrogens with zero attached hydrogens (tertiary/aromatic N) is 1. The predicted octanol–water partition coefficient (Wildman–Crippen LogP) is 4.09. The predicted molar refractivity (Wildman–Crippen MR) is 82.5 cm³/mol. The fraction of sp³-hybridized carbons (Fsp3) is 0.250. The molecule has 0 bridgehead atoms. The Morgan fingerprint density at radius 3 is 2.79 bits per heavy atom. The Morgan fingerprint density at radius 2 is 2.05 bits per heavy atom. The van der Waals surface area contributed by atoms with Gasteiger partial charge in [-0.3, -0.25) is 0 Å². The summed E-state index contributed by atoms with van der Waals surface area (Å²) in [5, 5.41) is 4.94. The number of fused-ring (bicyclic) bond motifs is 1.